The zero-order valence-corrected chi connectivity index (χ0v) is 11.4. The summed E-state index contributed by atoms with van der Waals surface area (Å²) in [7, 11) is 0. The van der Waals surface area contributed by atoms with Gasteiger partial charge in [-0.1, -0.05) is 0 Å². The molecule has 142 valence electrons. The molecule has 0 saturated heterocycles. The summed E-state index contributed by atoms with van der Waals surface area (Å²) >= 11 is 0. The largest absolute Gasteiger partial charge is 0.573 e. The molecule has 1 aromatic rings. The first-order valence-electron chi connectivity index (χ1n) is 5.69. The average Bonchev–Trinajstić information content (AvgIpc) is 2.31. The van der Waals surface area contributed by atoms with Gasteiger partial charge in [-0.05, 0) is 0 Å². The molecule has 0 atom stereocenters. The molecule has 0 aromatic heterocycles. The van der Waals surface area contributed by atoms with Crippen LogP contribution in [0.3, 0.4) is 0 Å². The standard InChI is InChI=1S/C11H5F9O5/c12-9(13,14)23-5-1-7(24-10(15,16)17)6(3-22-4-21)8(2-5)25-11(18,19)20/h1-2,4H,3H2. The van der Waals surface area contributed by atoms with E-state index >= 15 is 0 Å². The molecule has 0 fully saturated rings. The van der Waals surface area contributed by atoms with Crippen LogP contribution in [0.25, 0.3) is 0 Å². The van der Waals surface area contributed by atoms with Crippen LogP contribution in [0.15, 0.2) is 12.1 Å². The van der Waals surface area contributed by atoms with E-state index in [1.165, 1.54) is 0 Å². The Balaban J connectivity index is 3.47. The molecule has 0 saturated carbocycles. The summed E-state index contributed by atoms with van der Waals surface area (Å²) in [4.78, 5) is 10.1. The Morgan fingerprint density at radius 2 is 1.16 bits per heavy atom. The molecule has 1 aromatic carbocycles. The number of benzene rings is 1. The van der Waals surface area contributed by atoms with Gasteiger partial charge in [-0.15, -0.1) is 39.5 Å². The monoisotopic (exact) mass is 388 g/mol. The third-order valence-electron chi connectivity index (χ3n) is 2.12. The van der Waals surface area contributed by atoms with Crippen LogP contribution in [0.1, 0.15) is 5.56 Å². The average molecular weight is 388 g/mol. The maximum atomic E-state index is 12.3. The lowest BCUT2D eigenvalue weighted by molar-refractivity contribution is -0.278. The summed E-state index contributed by atoms with van der Waals surface area (Å²) in [5.74, 6) is -4.58. The number of alkyl halides is 9. The maximum Gasteiger partial charge on any atom is 0.573 e. The molecular formula is C11H5F9O5. The van der Waals surface area contributed by atoms with Crippen LogP contribution in [0, 0.1) is 0 Å². The van der Waals surface area contributed by atoms with Crippen LogP contribution in [-0.2, 0) is 16.1 Å². The zero-order chi connectivity index (χ0) is 19.5. The summed E-state index contributed by atoms with van der Waals surface area (Å²) in [6.07, 6.45) is -16.4. The first kappa shape index (κ1) is 20.5. The van der Waals surface area contributed by atoms with E-state index in [0.717, 1.165) is 0 Å². The lowest BCUT2D eigenvalue weighted by Crippen LogP contribution is -2.22. The van der Waals surface area contributed by atoms with E-state index < -0.39 is 48.5 Å². The fourth-order valence-electron chi connectivity index (χ4n) is 1.48. The molecular weight excluding hydrogens is 383 g/mol. The van der Waals surface area contributed by atoms with E-state index in [4.69, 9.17) is 0 Å². The van der Waals surface area contributed by atoms with Crippen molar-refractivity contribution in [1.82, 2.24) is 0 Å². The summed E-state index contributed by atoms with van der Waals surface area (Å²) in [6, 6.07) is 0.0153. The maximum absolute atomic E-state index is 12.3. The van der Waals surface area contributed by atoms with Gasteiger partial charge in [0.15, 0.2) is 0 Å². The van der Waals surface area contributed by atoms with Crippen LogP contribution in [0.4, 0.5) is 39.5 Å². The van der Waals surface area contributed by atoms with Gasteiger partial charge < -0.3 is 18.9 Å². The Morgan fingerprint density at radius 3 is 1.48 bits per heavy atom. The summed E-state index contributed by atoms with van der Waals surface area (Å²) in [5, 5.41) is 0. The van der Waals surface area contributed by atoms with Crippen molar-refractivity contribution in [3.8, 4) is 17.2 Å². The van der Waals surface area contributed by atoms with Crippen molar-refractivity contribution >= 4 is 6.47 Å². The van der Waals surface area contributed by atoms with Gasteiger partial charge in [-0.25, -0.2) is 0 Å². The molecule has 5 nitrogen and oxygen atoms in total. The predicted molar refractivity (Wildman–Crippen MR) is 57.3 cm³/mol. The van der Waals surface area contributed by atoms with E-state index in [-0.39, 0.29) is 18.6 Å². The van der Waals surface area contributed by atoms with E-state index in [2.05, 4.69) is 18.9 Å². The Bertz CT molecular complexity index is 568. The van der Waals surface area contributed by atoms with Gasteiger partial charge in [0.05, 0.1) is 5.56 Å². The Morgan fingerprint density at radius 1 is 0.760 bits per heavy atom. The van der Waals surface area contributed by atoms with E-state index in [1.54, 1.807) is 0 Å². The second-order valence-electron chi connectivity index (χ2n) is 3.95. The van der Waals surface area contributed by atoms with Crippen molar-refractivity contribution in [1.29, 1.82) is 0 Å². The molecule has 0 radical (unpaired) electrons. The van der Waals surface area contributed by atoms with E-state index in [9.17, 15) is 44.3 Å². The van der Waals surface area contributed by atoms with Crippen LogP contribution >= 0.6 is 0 Å². The van der Waals surface area contributed by atoms with Crippen molar-refractivity contribution in [2.75, 3.05) is 0 Å². The molecule has 0 aliphatic carbocycles. The van der Waals surface area contributed by atoms with Gasteiger partial charge >= 0.3 is 19.1 Å². The SMILES string of the molecule is O=COCc1c(OC(F)(F)F)cc(OC(F)(F)F)cc1OC(F)(F)F. The molecule has 0 aliphatic heterocycles. The Hall–Kier alpha value is -2.54. The normalized spacial score (nSPS) is 12.5. The van der Waals surface area contributed by atoms with Gasteiger partial charge in [0.25, 0.3) is 6.47 Å². The van der Waals surface area contributed by atoms with Crippen molar-refractivity contribution in [3.63, 3.8) is 0 Å². The second-order valence-corrected chi connectivity index (χ2v) is 3.95. The summed E-state index contributed by atoms with van der Waals surface area (Å²) < 4.78 is 124. The molecule has 0 bridgehead atoms. The number of halogens is 9. The van der Waals surface area contributed by atoms with Crippen molar-refractivity contribution < 1.29 is 63.3 Å². The van der Waals surface area contributed by atoms with Gasteiger partial charge in [0, 0.05) is 12.1 Å². The molecule has 0 spiro atoms. The lowest BCUT2D eigenvalue weighted by Gasteiger charge is -2.19. The fourth-order valence-corrected chi connectivity index (χ4v) is 1.48. The van der Waals surface area contributed by atoms with Crippen molar-refractivity contribution in [2.24, 2.45) is 0 Å². The smallest absolute Gasteiger partial charge is 0.463 e. The fraction of sp³-hybridized carbons (Fsp3) is 0.364. The zero-order valence-electron chi connectivity index (χ0n) is 11.4. The number of hydrogen-bond donors (Lipinski definition) is 0. The predicted octanol–water partition coefficient (Wildman–Crippen LogP) is 4.06. The molecule has 0 unspecified atom stereocenters. The minimum Gasteiger partial charge on any atom is -0.463 e. The Kier molecular flexibility index (Phi) is 5.86. The molecule has 14 heteroatoms. The minimum atomic E-state index is -5.48. The van der Waals surface area contributed by atoms with Crippen LogP contribution in [0.5, 0.6) is 17.2 Å². The molecule has 0 aliphatic rings. The van der Waals surface area contributed by atoms with Gasteiger partial charge in [0.2, 0.25) is 0 Å². The first-order valence-corrected chi connectivity index (χ1v) is 5.69. The molecule has 0 heterocycles. The highest BCUT2D eigenvalue weighted by molar-refractivity contribution is 5.51. The minimum absolute atomic E-state index is 0.00765. The van der Waals surface area contributed by atoms with Crippen LogP contribution < -0.4 is 14.2 Å². The van der Waals surface area contributed by atoms with Crippen molar-refractivity contribution in [2.45, 2.75) is 25.7 Å². The molecule has 25 heavy (non-hydrogen) atoms. The first-order chi connectivity index (χ1) is 11.2. The van der Waals surface area contributed by atoms with E-state index in [0.29, 0.717) is 0 Å². The van der Waals surface area contributed by atoms with Crippen molar-refractivity contribution in [3.05, 3.63) is 17.7 Å². The number of carbonyl (C=O) groups excluding carboxylic acids is 1. The van der Waals surface area contributed by atoms with Gasteiger partial charge in [-0.3, -0.25) is 4.79 Å². The topological polar surface area (TPSA) is 54.0 Å². The number of carbonyl (C=O) groups is 1. The molecule has 0 N–H and O–H groups in total. The number of rotatable bonds is 6. The number of ether oxygens (including phenoxy) is 4. The van der Waals surface area contributed by atoms with Gasteiger partial charge in [0.1, 0.15) is 23.9 Å². The van der Waals surface area contributed by atoms with Crippen LogP contribution in [-0.4, -0.2) is 25.6 Å². The molecule has 0 amide bonds. The van der Waals surface area contributed by atoms with Gasteiger partial charge in [-0.2, -0.15) is 0 Å². The highest BCUT2D eigenvalue weighted by Crippen LogP contribution is 2.40. The second kappa shape index (κ2) is 7.14. The summed E-state index contributed by atoms with van der Waals surface area (Å²) in [5.41, 5.74) is -1.13. The highest BCUT2D eigenvalue weighted by Gasteiger charge is 2.38. The van der Waals surface area contributed by atoms with E-state index in [1.807, 2.05) is 0 Å². The Labute approximate surface area is 131 Å². The third-order valence-corrected chi connectivity index (χ3v) is 2.12. The quantitative estimate of drug-likeness (QED) is 0.544. The van der Waals surface area contributed by atoms with Crippen LogP contribution in [0.2, 0.25) is 0 Å². The third kappa shape index (κ3) is 7.71. The highest BCUT2D eigenvalue weighted by atomic mass is 19.4. The molecule has 1 rings (SSSR count). The lowest BCUT2D eigenvalue weighted by atomic mass is 10.1. The number of hydrogen-bond acceptors (Lipinski definition) is 5. The summed E-state index contributed by atoms with van der Waals surface area (Å²) in [6.45, 7) is -1.54.